The predicted octanol–water partition coefficient (Wildman–Crippen LogP) is 5.74. The Morgan fingerprint density at radius 3 is 2.76 bits per heavy atom. The van der Waals surface area contributed by atoms with E-state index in [9.17, 15) is 15.0 Å². The number of unbranched alkanes of at least 4 members (excludes halogenated alkanes) is 1. The van der Waals surface area contributed by atoms with E-state index in [2.05, 4.69) is 24.3 Å². The van der Waals surface area contributed by atoms with Gasteiger partial charge in [0.15, 0.2) is 6.29 Å². The van der Waals surface area contributed by atoms with Crippen LogP contribution in [0.1, 0.15) is 89.5 Å². The number of aliphatic hydroxyl groups excluding tert-OH is 2. The summed E-state index contributed by atoms with van der Waals surface area (Å²) in [5.74, 6) is 0.151. The van der Waals surface area contributed by atoms with Gasteiger partial charge in [-0.25, -0.2) is 0 Å². The third-order valence-electron chi connectivity index (χ3n) is 7.70. The van der Waals surface area contributed by atoms with Crippen LogP contribution in [-0.2, 0) is 25.4 Å². The maximum Gasteiger partial charge on any atom is 0.305 e. The monoisotopic (exact) mass is 516 g/mol. The zero-order valence-electron chi connectivity index (χ0n) is 22.6. The Morgan fingerprint density at radius 2 is 2.00 bits per heavy atom. The molecule has 208 valence electrons. The van der Waals surface area contributed by atoms with E-state index < -0.39 is 6.10 Å². The molecule has 1 heterocycles. The summed E-state index contributed by atoms with van der Waals surface area (Å²) in [6.07, 6.45) is 13.7. The minimum absolute atomic E-state index is 0.0499. The average molecular weight is 517 g/mol. The fraction of sp³-hybridized carbons (Fsp3) is 0.710. The molecule has 2 N–H and O–H groups in total. The zero-order valence-corrected chi connectivity index (χ0v) is 22.6. The number of hydrogen-bond donors (Lipinski definition) is 2. The van der Waals surface area contributed by atoms with Crippen LogP contribution in [0.15, 0.2) is 42.5 Å². The molecule has 2 aliphatic rings. The number of benzene rings is 1. The fourth-order valence-corrected chi connectivity index (χ4v) is 5.58. The standard InChI is InChI=1S/C31H48O6/c1-2-21-35-30(34)15-9-4-3-8-14-26-27(20-19-25(32)18-17-24-12-6-5-7-13-24)29(23-28(26)33)37-31-16-10-11-22-36-31/h3,5-8,12-13,25-29,31-33H,2,4,9-11,14-23H2,1H3/b8-3-/t25-,26+,27+,28-,29+,31?/m0/s1. The molecule has 0 amide bonds. The Kier molecular flexibility index (Phi) is 13.7. The van der Waals surface area contributed by atoms with E-state index in [0.717, 1.165) is 70.8 Å². The molecule has 0 bridgehead atoms. The molecule has 1 unspecified atom stereocenters. The summed E-state index contributed by atoms with van der Waals surface area (Å²) >= 11 is 0. The molecule has 3 rings (SSSR count). The van der Waals surface area contributed by atoms with Crippen molar-refractivity contribution < 1.29 is 29.2 Å². The molecular formula is C31H48O6. The van der Waals surface area contributed by atoms with Crippen LogP contribution in [0.3, 0.4) is 0 Å². The lowest BCUT2D eigenvalue weighted by molar-refractivity contribution is -0.196. The number of hydrogen-bond acceptors (Lipinski definition) is 6. The number of ether oxygens (including phenoxy) is 3. The molecule has 2 fully saturated rings. The summed E-state index contributed by atoms with van der Waals surface area (Å²) in [5, 5.41) is 21.7. The van der Waals surface area contributed by atoms with Gasteiger partial charge in [-0.05, 0) is 88.0 Å². The number of allylic oxidation sites excluding steroid dienone is 2. The van der Waals surface area contributed by atoms with Gasteiger partial charge in [-0.15, -0.1) is 0 Å². The quantitative estimate of drug-likeness (QED) is 0.166. The van der Waals surface area contributed by atoms with Crippen molar-refractivity contribution in [3.8, 4) is 0 Å². The maximum atomic E-state index is 11.7. The second-order valence-corrected chi connectivity index (χ2v) is 10.7. The second-order valence-electron chi connectivity index (χ2n) is 10.7. The highest BCUT2D eigenvalue weighted by atomic mass is 16.7. The number of aryl methyl sites for hydroxylation is 1. The number of carbonyl (C=O) groups is 1. The summed E-state index contributed by atoms with van der Waals surface area (Å²) in [4.78, 5) is 11.7. The molecule has 0 radical (unpaired) electrons. The predicted molar refractivity (Wildman–Crippen MR) is 145 cm³/mol. The lowest BCUT2D eigenvalue weighted by Gasteiger charge is -2.30. The molecule has 6 heteroatoms. The van der Waals surface area contributed by atoms with Crippen molar-refractivity contribution in [1.29, 1.82) is 0 Å². The van der Waals surface area contributed by atoms with Crippen LogP contribution in [0.25, 0.3) is 0 Å². The van der Waals surface area contributed by atoms with Crippen LogP contribution in [-0.4, -0.2) is 54.0 Å². The van der Waals surface area contributed by atoms with Gasteiger partial charge in [0.05, 0.1) is 24.9 Å². The third-order valence-corrected chi connectivity index (χ3v) is 7.70. The van der Waals surface area contributed by atoms with Gasteiger partial charge >= 0.3 is 5.97 Å². The Bertz CT molecular complexity index is 775. The van der Waals surface area contributed by atoms with Crippen molar-refractivity contribution in [3.05, 3.63) is 48.0 Å². The van der Waals surface area contributed by atoms with Crippen molar-refractivity contribution in [2.45, 2.75) is 115 Å². The van der Waals surface area contributed by atoms with E-state index >= 15 is 0 Å². The summed E-state index contributed by atoms with van der Waals surface area (Å²) in [7, 11) is 0. The van der Waals surface area contributed by atoms with Crippen LogP contribution in [0.5, 0.6) is 0 Å². The molecule has 0 spiro atoms. The van der Waals surface area contributed by atoms with Gasteiger partial charge in [-0.2, -0.15) is 0 Å². The molecule has 1 aliphatic carbocycles. The van der Waals surface area contributed by atoms with Crippen molar-refractivity contribution in [1.82, 2.24) is 0 Å². The highest BCUT2D eigenvalue weighted by Crippen LogP contribution is 2.41. The number of esters is 1. The fourth-order valence-electron chi connectivity index (χ4n) is 5.58. The molecule has 6 atom stereocenters. The van der Waals surface area contributed by atoms with E-state index in [1.807, 2.05) is 25.1 Å². The van der Waals surface area contributed by atoms with Crippen LogP contribution < -0.4 is 0 Å². The number of aliphatic hydroxyl groups is 2. The lowest BCUT2D eigenvalue weighted by atomic mass is 9.85. The van der Waals surface area contributed by atoms with Gasteiger partial charge in [0.1, 0.15) is 0 Å². The second kappa shape index (κ2) is 17.0. The SMILES string of the molecule is CCCOC(=O)CCC/C=C\C[C@@H]1[C@@H](CC[C@@H](O)CCc2ccccc2)[C@H](OC2CCCCO2)C[C@@H]1O. The molecule has 1 saturated carbocycles. The molecule has 1 aliphatic heterocycles. The zero-order chi connectivity index (χ0) is 26.3. The number of rotatable bonds is 16. The first-order valence-corrected chi connectivity index (χ1v) is 14.5. The molecule has 1 aromatic rings. The van der Waals surface area contributed by atoms with Gasteiger partial charge in [-0.3, -0.25) is 4.79 Å². The number of carbonyl (C=O) groups excluding carboxylic acids is 1. The lowest BCUT2D eigenvalue weighted by Crippen LogP contribution is -2.32. The molecule has 37 heavy (non-hydrogen) atoms. The smallest absolute Gasteiger partial charge is 0.305 e. The first-order valence-electron chi connectivity index (χ1n) is 14.5. The summed E-state index contributed by atoms with van der Waals surface area (Å²) in [6.45, 7) is 3.22. The van der Waals surface area contributed by atoms with Crippen LogP contribution in [0.4, 0.5) is 0 Å². The molecule has 1 saturated heterocycles. The first kappa shape index (κ1) is 29.8. The Labute approximate surface area is 223 Å². The Morgan fingerprint density at radius 1 is 1.16 bits per heavy atom. The van der Waals surface area contributed by atoms with E-state index in [1.165, 1.54) is 5.56 Å². The highest BCUT2D eigenvalue weighted by Gasteiger charge is 2.43. The minimum atomic E-state index is -0.422. The van der Waals surface area contributed by atoms with Gasteiger partial charge in [-0.1, -0.05) is 49.4 Å². The van der Waals surface area contributed by atoms with E-state index in [1.54, 1.807) is 0 Å². The van der Waals surface area contributed by atoms with Crippen molar-refractivity contribution in [2.75, 3.05) is 13.2 Å². The Hall–Kier alpha value is -1.73. The van der Waals surface area contributed by atoms with Gasteiger partial charge in [0.25, 0.3) is 0 Å². The third kappa shape index (κ3) is 10.9. The topological polar surface area (TPSA) is 85.2 Å². The first-order chi connectivity index (χ1) is 18.1. The van der Waals surface area contributed by atoms with Gasteiger partial charge in [0.2, 0.25) is 0 Å². The maximum absolute atomic E-state index is 11.7. The van der Waals surface area contributed by atoms with Crippen LogP contribution in [0.2, 0.25) is 0 Å². The van der Waals surface area contributed by atoms with Gasteiger partial charge < -0.3 is 24.4 Å². The van der Waals surface area contributed by atoms with Crippen LogP contribution >= 0.6 is 0 Å². The molecule has 0 aromatic heterocycles. The van der Waals surface area contributed by atoms with Crippen molar-refractivity contribution in [2.24, 2.45) is 11.8 Å². The summed E-state index contributed by atoms with van der Waals surface area (Å²) < 4.78 is 17.4. The summed E-state index contributed by atoms with van der Waals surface area (Å²) in [5.41, 5.74) is 1.25. The summed E-state index contributed by atoms with van der Waals surface area (Å²) in [6, 6.07) is 10.3. The van der Waals surface area contributed by atoms with E-state index in [-0.39, 0.29) is 36.3 Å². The molecular weight excluding hydrogens is 468 g/mol. The minimum Gasteiger partial charge on any atom is -0.466 e. The van der Waals surface area contributed by atoms with E-state index in [0.29, 0.717) is 25.9 Å². The Balaban J connectivity index is 1.49. The van der Waals surface area contributed by atoms with Gasteiger partial charge in [0, 0.05) is 19.4 Å². The van der Waals surface area contributed by atoms with Crippen LogP contribution in [0, 0.1) is 11.8 Å². The highest BCUT2D eigenvalue weighted by molar-refractivity contribution is 5.69. The average Bonchev–Trinajstić information content (AvgIpc) is 3.21. The van der Waals surface area contributed by atoms with Crippen molar-refractivity contribution >= 4 is 5.97 Å². The largest absolute Gasteiger partial charge is 0.466 e. The normalized spacial score (nSPS) is 26.9. The molecule has 6 nitrogen and oxygen atoms in total. The van der Waals surface area contributed by atoms with E-state index in [4.69, 9.17) is 14.2 Å². The molecule has 1 aromatic carbocycles. The van der Waals surface area contributed by atoms with Crippen molar-refractivity contribution in [3.63, 3.8) is 0 Å².